The van der Waals surface area contributed by atoms with Crippen molar-refractivity contribution < 1.29 is 14.6 Å². The maximum Gasteiger partial charge on any atom is 0.127 e. The molecule has 0 aliphatic rings. The number of hydrogen-bond donors (Lipinski definition) is 1. The van der Waals surface area contributed by atoms with Gasteiger partial charge in [-0.25, -0.2) is 0 Å². The molecule has 3 aromatic carbocycles. The van der Waals surface area contributed by atoms with E-state index >= 15 is 0 Å². The third-order valence-electron chi connectivity index (χ3n) is 8.26. The number of aliphatic hydroxyl groups is 1. The van der Waals surface area contributed by atoms with E-state index in [1.54, 1.807) is 6.20 Å². The Balaban J connectivity index is 1.69. The molecule has 0 spiro atoms. The molecule has 43 heavy (non-hydrogen) atoms. The molecule has 0 aliphatic heterocycles. The van der Waals surface area contributed by atoms with E-state index in [0.717, 1.165) is 73.2 Å². The zero-order valence-electron chi connectivity index (χ0n) is 26.2. The fourth-order valence-electron chi connectivity index (χ4n) is 5.59. The van der Waals surface area contributed by atoms with Crippen LogP contribution >= 0.6 is 0 Å². The minimum Gasteiger partial charge on any atom is -0.492 e. The van der Waals surface area contributed by atoms with Crippen molar-refractivity contribution in [3.8, 4) is 11.5 Å². The highest BCUT2D eigenvalue weighted by Gasteiger charge is 2.43. The van der Waals surface area contributed by atoms with Crippen LogP contribution in [0.1, 0.15) is 56.0 Å². The van der Waals surface area contributed by atoms with Crippen LogP contribution in [0.25, 0.3) is 0 Å². The van der Waals surface area contributed by atoms with E-state index in [4.69, 9.17) is 14.5 Å². The summed E-state index contributed by atoms with van der Waals surface area (Å²) in [4.78, 5) is 9.40. The van der Waals surface area contributed by atoms with Gasteiger partial charge in [0.1, 0.15) is 30.3 Å². The maximum atomic E-state index is 13.0. The second-order valence-corrected chi connectivity index (χ2v) is 10.7. The first-order valence-electron chi connectivity index (χ1n) is 15.6. The third-order valence-corrected chi connectivity index (χ3v) is 8.26. The van der Waals surface area contributed by atoms with Gasteiger partial charge in [-0.1, -0.05) is 88.4 Å². The largest absolute Gasteiger partial charge is 0.492 e. The summed E-state index contributed by atoms with van der Waals surface area (Å²) >= 11 is 0. The van der Waals surface area contributed by atoms with Crippen LogP contribution < -0.4 is 9.47 Å². The number of pyridine rings is 1. The highest BCUT2D eigenvalue weighted by molar-refractivity contribution is 5.48. The lowest BCUT2D eigenvalue weighted by atomic mass is 9.71. The number of nitrogens with zero attached hydrogens (tertiary/aromatic N) is 3. The second kappa shape index (κ2) is 16.2. The van der Waals surface area contributed by atoms with Crippen molar-refractivity contribution in [2.75, 3.05) is 52.5 Å². The number of benzene rings is 3. The van der Waals surface area contributed by atoms with E-state index in [-0.39, 0.29) is 0 Å². The zero-order chi connectivity index (χ0) is 30.5. The molecule has 1 unspecified atom stereocenters. The molecule has 0 radical (unpaired) electrons. The quantitative estimate of drug-likeness (QED) is 0.152. The highest BCUT2D eigenvalue weighted by Crippen LogP contribution is 2.46. The van der Waals surface area contributed by atoms with Gasteiger partial charge in [0.15, 0.2) is 0 Å². The normalized spacial score (nSPS) is 12.4. The highest BCUT2D eigenvalue weighted by atomic mass is 16.5. The van der Waals surface area contributed by atoms with Crippen molar-refractivity contribution >= 4 is 0 Å². The summed E-state index contributed by atoms with van der Waals surface area (Å²) in [5.74, 6) is 1.10. The molecule has 1 aromatic heterocycles. The molecule has 4 rings (SSSR count). The van der Waals surface area contributed by atoms with Crippen LogP contribution in [0.2, 0.25) is 0 Å². The number of rotatable bonds is 17. The van der Waals surface area contributed by atoms with Gasteiger partial charge in [0, 0.05) is 19.3 Å². The molecular weight excluding hydrogens is 534 g/mol. The SMILES string of the molecule is CCN(CC)CCOc1ccc(C(O)(c2ccc(OCCN(CC)CC)cc2)C(c2ccccc2)c2ccccn2)cc1. The molecular formula is C37H47N3O3. The molecule has 0 amide bonds. The van der Waals surface area contributed by atoms with Gasteiger partial charge in [-0.15, -0.1) is 0 Å². The van der Waals surface area contributed by atoms with E-state index in [1.807, 2.05) is 84.9 Å². The Hall–Kier alpha value is -3.71. The number of likely N-dealkylation sites (N-methyl/N-ethyl adjacent to an activating group) is 2. The lowest BCUT2D eigenvalue weighted by Gasteiger charge is -2.37. The molecule has 228 valence electrons. The summed E-state index contributed by atoms with van der Waals surface area (Å²) in [5.41, 5.74) is 1.87. The van der Waals surface area contributed by atoms with E-state index in [0.29, 0.717) is 13.2 Å². The van der Waals surface area contributed by atoms with Gasteiger partial charge in [0.05, 0.1) is 11.6 Å². The average Bonchev–Trinajstić information content (AvgIpc) is 3.06. The van der Waals surface area contributed by atoms with Gasteiger partial charge >= 0.3 is 0 Å². The predicted molar refractivity (Wildman–Crippen MR) is 175 cm³/mol. The monoisotopic (exact) mass is 581 g/mol. The van der Waals surface area contributed by atoms with E-state index in [2.05, 4.69) is 49.6 Å². The predicted octanol–water partition coefficient (Wildman–Crippen LogP) is 6.59. The maximum absolute atomic E-state index is 13.0. The molecule has 0 saturated carbocycles. The summed E-state index contributed by atoms with van der Waals surface area (Å²) in [6.45, 7) is 15.6. The van der Waals surface area contributed by atoms with Crippen molar-refractivity contribution in [3.63, 3.8) is 0 Å². The molecule has 0 aliphatic carbocycles. The van der Waals surface area contributed by atoms with Crippen molar-refractivity contribution in [1.29, 1.82) is 0 Å². The smallest absolute Gasteiger partial charge is 0.127 e. The molecule has 0 fully saturated rings. The average molecular weight is 582 g/mol. The van der Waals surface area contributed by atoms with Crippen LogP contribution in [0.4, 0.5) is 0 Å². The first kappa shape index (κ1) is 32.2. The minimum absolute atomic E-state index is 0.459. The number of aromatic nitrogens is 1. The van der Waals surface area contributed by atoms with Crippen LogP contribution in [0.5, 0.6) is 11.5 Å². The Labute approximate surface area is 257 Å². The van der Waals surface area contributed by atoms with Gasteiger partial charge in [-0.2, -0.15) is 0 Å². The van der Waals surface area contributed by atoms with Crippen LogP contribution in [-0.2, 0) is 5.60 Å². The molecule has 1 heterocycles. The van der Waals surface area contributed by atoms with E-state index < -0.39 is 11.5 Å². The Morgan fingerprint density at radius 3 is 1.51 bits per heavy atom. The molecule has 1 atom stereocenters. The lowest BCUT2D eigenvalue weighted by molar-refractivity contribution is 0.0611. The Bertz CT molecular complexity index is 1220. The fourth-order valence-corrected chi connectivity index (χ4v) is 5.59. The van der Waals surface area contributed by atoms with Crippen LogP contribution in [0.15, 0.2) is 103 Å². The first-order chi connectivity index (χ1) is 21.0. The van der Waals surface area contributed by atoms with Gasteiger partial charge in [-0.05, 0) is 79.3 Å². The molecule has 4 aromatic rings. The van der Waals surface area contributed by atoms with Gasteiger partial charge in [-0.3, -0.25) is 4.98 Å². The third kappa shape index (κ3) is 8.23. The number of ether oxygens (including phenoxy) is 2. The summed E-state index contributed by atoms with van der Waals surface area (Å²) in [7, 11) is 0. The van der Waals surface area contributed by atoms with Crippen LogP contribution in [0, 0.1) is 0 Å². The summed E-state index contributed by atoms with van der Waals surface area (Å²) < 4.78 is 12.1. The van der Waals surface area contributed by atoms with Crippen molar-refractivity contribution in [3.05, 3.63) is 126 Å². The Kier molecular flexibility index (Phi) is 12.2. The summed E-state index contributed by atoms with van der Waals surface area (Å²) in [6.07, 6.45) is 1.78. The molecule has 6 nitrogen and oxygen atoms in total. The lowest BCUT2D eigenvalue weighted by Crippen LogP contribution is -2.36. The van der Waals surface area contributed by atoms with Crippen molar-refractivity contribution in [2.24, 2.45) is 0 Å². The Morgan fingerprint density at radius 1 is 0.628 bits per heavy atom. The molecule has 6 heteroatoms. The standard InChI is InChI=1S/C37H47N3O3/c1-5-39(6-2)26-28-42-33-21-17-31(18-22-33)37(41,32-19-23-34(24-20-32)43-29-27-40(7-3)8-4)36(30-14-10-9-11-15-30)35-16-12-13-25-38-35/h9-25,36,41H,5-8,26-29H2,1-4H3. The van der Waals surface area contributed by atoms with Crippen LogP contribution in [0.3, 0.4) is 0 Å². The van der Waals surface area contributed by atoms with Crippen molar-refractivity contribution in [2.45, 2.75) is 39.2 Å². The van der Waals surface area contributed by atoms with Crippen molar-refractivity contribution in [1.82, 2.24) is 14.8 Å². The minimum atomic E-state index is -1.42. The first-order valence-corrected chi connectivity index (χ1v) is 15.6. The zero-order valence-corrected chi connectivity index (χ0v) is 26.2. The van der Waals surface area contributed by atoms with E-state index in [9.17, 15) is 5.11 Å². The second-order valence-electron chi connectivity index (χ2n) is 10.7. The Morgan fingerprint density at radius 2 is 1.09 bits per heavy atom. The summed E-state index contributed by atoms with van der Waals surface area (Å²) in [5, 5.41) is 13.0. The van der Waals surface area contributed by atoms with Gasteiger partial charge < -0.3 is 24.4 Å². The van der Waals surface area contributed by atoms with Gasteiger partial charge in [0.2, 0.25) is 0 Å². The fraction of sp³-hybridized carbons (Fsp3) is 0.378. The molecule has 0 bridgehead atoms. The summed E-state index contributed by atoms with van der Waals surface area (Å²) in [6, 6.07) is 31.7. The van der Waals surface area contributed by atoms with E-state index in [1.165, 1.54) is 0 Å². The molecule has 0 saturated heterocycles. The number of hydrogen-bond acceptors (Lipinski definition) is 6. The molecule has 1 N–H and O–H groups in total. The van der Waals surface area contributed by atoms with Crippen LogP contribution in [-0.4, -0.2) is 72.4 Å². The topological polar surface area (TPSA) is 58.1 Å². The van der Waals surface area contributed by atoms with Gasteiger partial charge in [0.25, 0.3) is 0 Å².